The van der Waals surface area contributed by atoms with Gasteiger partial charge in [0.25, 0.3) is 5.91 Å². The summed E-state index contributed by atoms with van der Waals surface area (Å²) >= 11 is 5.88. The maximum absolute atomic E-state index is 12.5. The molecule has 0 radical (unpaired) electrons. The van der Waals surface area contributed by atoms with Gasteiger partial charge in [-0.2, -0.15) is 0 Å². The smallest absolute Gasteiger partial charge is 0.338 e. The van der Waals surface area contributed by atoms with Crippen LogP contribution in [-0.2, 0) is 9.53 Å². The van der Waals surface area contributed by atoms with E-state index in [1.165, 1.54) is 12.1 Å². The van der Waals surface area contributed by atoms with E-state index in [0.717, 1.165) is 0 Å². The molecule has 0 heterocycles. The first kappa shape index (κ1) is 22.4. The molecule has 0 saturated heterocycles. The molecule has 0 atom stereocenters. The van der Waals surface area contributed by atoms with Gasteiger partial charge in [0, 0.05) is 10.7 Å². The van der Waals surface area contributed by atoms with Crippen LogP contribution in [0.25, 0.3) is 0 Å². The Bertz CT molecular complexity index is 828. The van der Waals surface area contributed by atoms with Gasteiger partial charge in [0.2, 0.25) is 5.75 Å². The first-order valence-electron chi connectivity index (χ1n) is 9.27. The van der Waals surface area contributed by atoms with Crippen LogP contribution in [0.5, 0.6) is 17.2 Å². The van der Waals surface area contributed by atoms with Crippen molar-refractivity contribution in [1.29, 1.82) is 0 Å². The van der Waals surface area contributed by atoms with Crippen molar-refractivity contribution in [3.63, 3.8) is 0 Å². The molecule has 156 valence electrons. The van der Waals surface area contributed by atoms with Gasteiger partial charge < -0.3 is 24.3 Å². The molecule has 0 aliphatic rings. The van der Waals surface area contributed by atoms with Crippen molar-refractivity contribution in [2.75, 3.05) is 31.7 Å². The molecule has 0 aliphatic heterocycles. The molecule has 29 heavy (non-hydrogen) atoms. The van der Waals surface area contributed by atoms with Gasteiger partial charge in [0.15, 0.2) is 18.1 Å². The van der Waals surface area contributed by atoms with Gasteiger partial charge in [0.05, 0.1) is 25.4 Å². The molecule has 8 heteroatoms. The second-order valence-corrected chi connectivity index (χ2v) is 6.17. The van der Waals surface area contributed by atoms with E-state index in [1.54, 1.807) is 24.3 Å². The van der Waals surface area contributed by atoms with Gasteiger partial charge >= 0.3 is 5.97 Å². The predicted molar refractivity (Wildman–Crippen MR) is 110 cm³/mol. The summed E-state index contributed by atoms with van der Waals surface area (Å²) in [5.74, 6) is -0.00415. The van der Waals surface area contributed by atoms with E-state index in [1.807, 2.05) is 20.8 Å². The zero-order valence-electron chi connectivity index (χ0n) is 16.6. The molecule has 0 fully saturated rings. The van der Waals surface area contributed by atoms with E-state index in [0.29, 0.717) is 47.8 Å². The highest BCUT2D eigenvalue weighted by molar-refractivity contribution is 6.30. The highest BCUT2D eigenvalue weighted by atomic mass is 35.5. The van der Waals surface area contributed by atoms with E-state index in [2.05, 4.69) is 5.32 Å². The Kier molecular flexibility index (Phi) is 8.61. The number of hydrogen-bond donors (Lipinski definition) is 1. The lowest BCUT2D eigenvalue weighted by atomic mass is 10.2. The highest BCUT2D eigenvalue weighted by Crippen LogP contribution is 2.39. The Morgan fingerprint density at radius 2 is 1.55 bits per heavy atom. The first-order valence-corrected chi connectivity index (χ1v) is 9.65. The quantitative estimate of drug-likeness (QED) is 0.575. The molecule has 2 aromatic carbocycles. The molecule has 0 aliphatic carbocycles. The zero-order valence-corrected chi connectivity index (χ0v) is 17.4. The summed E-state index contributed by atoms with van der Waals surface area (Å²) in [7, 11) is 0. The van der Waals surface area contributed by atoms with Gasteiger partial charge in [-0.15, -0.1) is 0 Å². The summed E-state index contributed by atoms with van der Waals surface area (Å²) < 4.78 is 21.9. The lowest BCUT2D eigenvalue weighted by Gasteiger charge is -2.16. The first-order chi connectivity index (χ1) is 14.0. The number of benzene rings is 2. The van der Waals surface area contributed by atoms with Crippen LogP contribution in [0.3, 0.4) is 0 Å². The molecule has 1 amide bonds. The summed E-state index contributed by atoms with van der Waals surface area (Å²) in [4.78, 5) is 24.5. The summed E-state index contributed by atoms with van der Waals surface area (Å²) in [5.41, 5.74) is 0.702. The Labute approximate surface area is 174 Å². The highest BCUT2D eigenvalue weighted by Gasteiger charge is 2.20. The van der Waals surface area contributed by atoms with Crippen LogP contribution >= 0.6 is 11.6 Å². The van der Waals surface area contributed by atoms with Crippen LogP contribution in [0, 0.1) is 0 Å². The van der Waals surface area contributed by atoms with E-state index in [-0.39, 0.29) is 5.56 Å². The Balaban J connectivity index is 2.11. The maximum Gasteiger partial charge on any atom is 0.338 e. The minimum Gasteiger partial charge on any atom is -0.490 e. The van der Waals surface area contributed by atoms with Crippen molar-refractivity contribution in [1.82, 2.24) is 0 Å². The third-order valence-corrected chi connectivity index (χ3v) is 3.82. The van der Waals surface area contributed by atoms with E-state index in [4.69, 9.17) is 30.5 Å². The molecular formula is C21H24ClNO6. The third kappa shape index (κ3) is 6.57. The van der Waals surface area contributed by atoms with Crippen molar-refractivity contribution in [3.05, 3.63) is 47.0 Å². The van der Waals surface area contributed by atoms with E-state index in [9.17, 15) is 9.59 Å². The Morgan fingerprint density at radius 3 is 2.10 bits per heavy atom. The average molecular weight is 422 g/mol. The van der Waals surface area contributed by atoms with Crippen LogP contribution in [0.15, 0.2) is 36.4 Å². The molecule has 0 unspecified atom stereocenters. The second kappa shape index (κ2) is 11.2. The molecule has 1 N–H and O–H groups in total. The molecule has 2 rings (SSSR count). The van der Waals surface area contributed by atoms with Gasteiger partial charge in [0.1, 0.15) is 0 Å². The SMILES string of the molecule is CCOc1cc(C(=O)OCC(=O)Nc2cccc(Cl)c2)cc(OCC)c1OCC. The van der Waals surface area contributed by atoms with Gasteiger partial charge in [-0.1, -0.05) is 17.7 Å². The van der Waals surface area contributed by atoms with Gasteiger partial charge in [-0.05, 0) is 51.1 Å². The molecule has 2 aromatic rings. The number of esters is 1. The standard InChI is InChI=1S/C21H24ClNO6/c1-4-26-17-10-14(11-18(27-5-2)20(17)28-6-3)21(25)29-13-19(24)23-16-9-7-8-15(22)12-16/h7-12H,4-6,13H2,1-3H3,(H,23,24). The Hall–Kier alpha value is -2.93. The number of amides is 1. The fraction of sp³-hybridized carbons (Fsp3) is 0.333. The van der Waals surface area contributed by atoms with Crippen LogP contribution < -0.4 is 19.5 Å². The van der Waals surface area contributed by atoms with Gasteiger partial charge in [-0.3, -0.25) is 4.79 Å². The van der Waals surface area contributed by atoms with Crippen molar-refractivity contribution in [2.45, 2.75) is 20.8 Å². The molecule has 7 nitrogen and oxygen atoms in total. The number of hydrogen-bond acceptors (Lipinski definition) is 6. The fourth-order valence-electron chi connectivity index (χ4n) is 2.48. The number of ether oxygens (including phenoxy) is 4. The van der Waals surface area contributed by atoms with Crippen molar-refractivity contribution in [3.8, 4) is 17.2 Å². The normalized spacial score (nSPS) is 10.2. The van der Waals surface area contributed by atoms with Crippen molar-refractivity contribution < 1.29 is 28.5 Å². The Morgan fingerprint density at radius 1 is 0.931 bits per heavy atom. The number of rotatable bonds is 10. The maximum atomic E-state index is 12.5. The lowest BCUT2D eigenvalue weighted by molar-refractivity contribution is -0.119. The molecular weight excluding hydrogens is 398 g/mol. The number of nitrogens with one attached hydrogen (secondary N) is 1. The third-order valence-electron chi connectivity index (χ3n) is 3.59. The number of halogens is 1. The second-order valence-electron chi connectivity index (χ2n) is 5.74. The monoisotopic (exact) mass is 421 g/mol. The fourth-order valence-corrected chi connectivity index (χ4v) is 2.67. The van der Waals surface area contributed by atoms with Crippen molar-refractivity contribution in [2.24, 2.45) is 0 Å². The topological polar surface area (TPSA) is 83.1 Å². The van der Waals surface area contributed by atoms with Crippen LogP contribution in [0.4, 0.5) is 5.69 Å². The molecule has 0 saturated carbocycles. The summed E-state index contributed by atoms with van der Waals surface area (Å²) in [5, 5.41) is 3.10. The van der Waals surface area contributed by atoms with Crippen LogP contribution in [0.1, 0.15) is 31.1 Å². The average Bonchev–Trinajstić information content (AvgIpc) is 2.68. The van der Waals surface area contributed by atoms with Crippen LogP contribution in [0.2, 0.25) is 5.02 Å². The van der Waals surface area contributed by atoms with E-state index < -0.39 is 18.5 Å². The minimum atomic E-state index is -0.684. The summed E-state index contributed by atoms with van der Waals surface area (Å²) in [6.07, 6.45) is 0. The molecule has 0 spiro atoms. The largest absolute Gasteiger partial charge is 0.490 e. The summed E-state index contributed by atoms with van der Waals surface area (Å²) in [6, 6.07) is 9.68. The van der Waals surface area contributed by atoms with Crippen LogP contribution in [-0.4, -0.2) is 38.3 Å². The number of carbonyl (C=O) groups is 2. The predicted octanol–water partition coefficient (Wildman–Crippen LogP) is 4.33. The zero-order chi connectivity index (χ0) is 21.2. The van der Waals surface area contributed by atoms with Crippen molar-refractivity contribution >= 4 is 29.2 Å². The minimum absolute atomic E-state index is 0.191. The number of anilines is 1. The van der Waals surface area contributed by atoms with E-state index >= 15 is 0 Å². The van der Waals surface area contributed by atoms with Gasteiger partial charge in [-0.25, -0.2) is 4.79 Å². The lowest BCUT2D eigenvalue weighted by Crippen LogP contribution is -2.21. The number of carbonyl (C=O) groups excluding carboxylic acids is 2. The molecule has 0 bridgehead atoms. The summed E-state index contributed by atoms with van der Waals surface area (Å²) in [6.45, 7) is 6.20. The molecule has 0 aromatic heterocycles.